The number of carbonyl (C=O) groups excluding carboxylic acids is 1. The number of hydrogen-bond donors (Lipinski definition) is 1. The Morgan fingerprint density at radius 3 is 2.95 bits per heavy atom. The molecule has 1 aromatic rings. The smallest absolute Gasteiger partial charge is 0.239 e. The fourth-order valence-electron chi connectivity index (χ4n) is 2.30. The molecule has 2 heterocycles. The second-order valence-electron chi connectivity index (χ2n) is 5.79. The summed E-state index contributed by atoms with van der Waals surface area (Å²) in [7, 11) is 0. The van der Waals surface area contributed by atoms with E-state index in [1.165, 1.54) is 0 Å². The molecule has 6 heteroatoms. The Kier molecular flexibility index (Phi) is 4.77. The quantitative estimate of drug-likeness (QED) is 0.866. The molecule has 1 aliphatic heterocycles. The van der Waals surface area contributed by atoms with Gasteiger partial charge in [0.15, 0.2) is 0 Å². The molecule has 0 radical (unpaired) electrons. The number of nitrogens with two attached hydrogens (primary N) is 1. The van der Waals surface area contributed by atoms with Crippen molar-refractivity contribution in [3.8, 4) is 0 Å². The minimum Gasteiger partial charge on any atom is -0.373 e. The number of rotatable bonds is 4. The summed E-state index contributed by atoms with van der Waals surface area (Å²) in [4.78, 5) is 14.1. The molecular formula is C14H24N4O2. The predicted molar refractivity (Wildman–Crippen MR) is 76.1 cm³/mol. The summed E-state index contributed by atoms with van der Waals surface area (Å²) in [5.41, 5.74) is 7.06. The van der Waals surface area contributed by atoms with Gasteiger partial charge >= 0.3 is 0 Å². The lowest BCUT2D eigenvalue weighted by Gasteiger charge is -2.35. The lowest BCUT2D eigenvalue weighted by Crippen LogP contribution is -2.53. The van der Waals surface area contributed by atoms with E-state index in [1.807, 2.05) is 42.7 Å². The van der Waals surface area contributed by atoms with Crippen molar-refractivity contribution in [2.45, 2.75) is 39.5 Å². The van der Waals surface area contributed by atoms with E-state index in [-0.39, 0.29) is 17.9 Å². The summed E-state index contributed by atoms with van der Waals surface area (Å²) in [6.45, 7) is 8.35. The van der Waals surface area contributed by atoms with Crippen LogP contribution in [0.4, 0.5) is 0 Å². The molecule has 1 fully saturated rings. The fourth-order valence-corrected chi connectivity index (χ4v) is 2.30. The van der Waals surface area contributed by atoms with E-state index in [0.29, 0.717) is 26.2 Å². The molecule has 20 heavy (non-hydrogen) atoms. The van der Waals surface area contributed by atoms with Crippen LogP contribution in [0.1, 0.15) is 19.4 Å². The highest BCUT2D eigenvalue weighted by molar-refractivity contribution is 5.82. The van der Waals surface area contributed by atoms with Crippen LogP contribution in [0.25, 0.3) is 0 Å². The first kappa shape index (κ1) is 15.0. The molecule has 1 saturated heterocycles. The highest BCUT2D eigenvalue weighted by atomic mass is 16.5. The zero-order chi connectivity index (χ0) is 14.7. The van der Waals surface area contributed by atoms with Crippen LogP contribution in [-0.4, -0.2) is 52.4 Å². The van der Waals surface area contributed by atoms with Crippen LogP contribution in [0, 0.1) is 12.8 Å². The predicted octanol–water partition coefficient (Wildman–Crippen LogP) is 0.402. The summed E-state index contributed by atoms with van der Waals surface area (Å²) in [6, 6.07) is -0.430. The molecule has 0 aromatic carbocycles. The Labute approximate surface area is 119 Å². The Morgan fingerprint density at radius 1 is 1.60 bits per heavy atom. The van der Waals surface area contributed by atoms with Gasteiger partial charge in [-0.1, -0.05) is 13.8 Å². The molecule has 112 valence electrons. The number of morpholine rings is 1. The van der Waals surface area contributed by atoms with Gasteiger partial charge in [0.05, 0.1) is 31.5 Å². The Bertz CT molecular complexity index is 458. The van der Waals surface area contributed by atoms with Crippen LogP contribution < -0.4 is 5.73 Å². The van der Waals surface area contributed by atoms with Gasteiger partial charge in [-0.2, -0.15) is 5.10 Å². The molecule has 0 saturated carbocycles. The van der Waals surface area contributed by atoms with Crippen molar-refractivity contribution in [3.63, 3.8) is 0 Å². The summed E-state index contributed by atoms with van der Waals surface area (Å²) in [5, 5.41) is 4.25. The Hall–Kier alpha value is -1.40. The lowest BCUT2D eigenvalue weighted by atomic mass is 10.0. The van der Waals surface area contributed by atoms with Crippen molar-refractivity contribution in [1.82, 2.24) is 14.7 Å². The fraction of sp³-hybridized carbons (Fsp3) is 0.714. The molecule has 2 rings (SSSR count). The van der Waals surface area contributed by atoms with E-state index in [4.69, 9.17) is 10.5 Å². The third-order valence-electron chi connectivity index (χ3n) is 3.61. The van der Waals surface area contributed by atoms with Crippen molar-refractivity contribution in [2.24, 2.45) is 11.7 Å². The maximum atomic E-state index is 12.3. The number of aromatic nitrogens is 2. The molecule has 1 unspecified atom stereocenters. The molecule has 2 atom stereocenters. The number of ether oxygens (including phenoxy) is 1. The van der Waals surface area contributed by atoms with Crippen LogP contribution in [-0.2, 0) is 16.1 Å². The van der Waals surface area contributed by atoms with Crippen LogP contribution in [0.15, 0.2) is 12.4 Å². The topological polar surface area (TPSA) is 73.4 Å². The Morgan fingerprint density at radius 2 is 2.35 bits per heavy atom. The second-order valence-corrected chi connectivity index (χ2v) is 5.79. The van der Waals surface area contributed by atoms with Crippen molar-refractivity contribution in [3.05, 3.63) is 18.0 Å². The van der Waals surface area contributed by atoms with E-state index in [1.54, 1.807) is 0 Å². The lowest BCUT2D eigenvalue weighted by molar-refractivity contribution is -0.141. The maximum Gasteiger partial charge on any atom is 0.239 e. The van der Waals surface area contributed by atoms with Gasteiger partial charge in [0.25, 0.3) is 0 Å². The van der Waals surface area contributed by atoms with Crippen LogP contribution >= 0.6 is 0 Å². The van der Waals surface area contributed by atoms with Crippen LogP contribution in [0.3, 0.4) is 0 Å². The number of amides is 1. The van der Waals surface area contributed by atoms with E-state index in [9.17, 15) is 4.79 Å². The number of carbonyl (C=O) groups is 1. The molecule has 0 aliphatic carbocycles. The molecule has 2 N–H and O–H groups in total. The van der Waals surface area contributed by atoms with E-state index in [0.717, 1.165) is 5.56 Å². The van der Waals surface area contributed by atoms with Gasteiger partial charge in [-0.15, -0.1) is 0 Å². The number of hydrogen-bond acceptors (Lipinski definition) is 4. The van der Waals surface area contributed by atoms with Gasteiger partial charge < -0.3 is 15.4 Å². The Balaban J connectivity index is 1.93. The standard InChI is InChI=1S/C14H24N4O2/c1-10(2)13(15)14(19)17-4-5-20-12(8-17)9-18-7-11(3)6-16-18/h6-7,10,12-13H,4-5,8-9,15H2,1-3H3/t12?,13-/m0/s1. The van der Waals surface area contributed by atoms with Crippen LogP contribution in [0.5, 0.6) is 0 Å². The largest absolute Gasteiger partial charge is 0.373 e. The first-order valence-corrected chi connectivity index (χ1v) is 7.12. The SMILES string of the molecule is Cc1cnn(CC2CN(C(=O)[C@@H](N)C(C)C)CCO2)c1. The van der Waals surface area contributed by atoms with E-state index < -0.39 is 6.04 Å². The maximum absolute atomic E-state index is 12.3. The van der Waals surface area contributed by atoms with Gasteiger partial charge in [-0.25, -0.2) is 0 Å². The third-order valence-corrected chi connectivity index (χ3v) is 3.61. The average molecular weight is 280 g/mol. The summed E-state index contributed by atoms with van der Waals surface area (Å²) in [6.07, 6.45) is 3.77. The first-order valence-electron chi connectivity index (χ1n) is 7.12. The number of aryl methyl sites for hydroxylation is 1. The first-order chi connectivity index (χ1) is 9.47. The van der Waals surface area contributed by atoms with Gasteiger partial charge in [0, 0.05) is 19.3 Å². The molecular weight excluding hydrogens is 256 g/mol. The normalized spacial score (nSPS) is 21.2. The van der Waals surface area contributed by atoms with Gasteiger partial charge in [0.2, 0.25) is 5.91 Å². The van der Waals surface area contributed by atoms with Gasteiger partial charge in [-0.3, -0.25) is 9.48 Å². The summed E-state index contributed by atoms with van der Waals surface area (Å²) < 4.78 is 7.57. The highest BCUT2D eigenvalue weighted by Gasteiger charge is 2.29. The summed E-state index contributed by atoms with van der Waals surface area (Å²) >= 11 is 0. The highest BCUT2D eigenvalue weighted by Crippen LogP contribution is 2.11. The second kappa shape index (κ2) is 6.37. The monoisotopic (exact) mass is 280 g/mol. The molecule has 0 bridgehead atoms. The molecule has 6 nitrogen and oxygen atoms in total. The van der Waals surface area contributed by atoms with Crippen LogP contribution in [0.2, 0.25) is 0 Å². The average Bonchev–Trinajstić information content (AvgIpc) is 2.82. The molecule has 0 spiro atoms. The van der Waals surface area contributed by atoms with E-state index in [2.05, 4.69) is 5.10 Å². The third kappa shape index (κ3) is 3.58. The van der Waals surface area contributed by atoms with Crippen molar-refractivity contribution in [1.29, 1.82) is 0 Å². The van der Waals surface area contributed by atoms with Crippen molar-refractivity contribution >= 4 is 5.91 Å². The minimum absolute atomic E-state index is 0.0185. The van der Waals surface area contributed by atoms with Gasteiger partial charge in [-0.05, 0) is 18.4 Å². The zero-order valence-corrected chi connectivity index (χ0v) is 12.5. The molecule has 1 aromatic heterocycles. The summed E-state index contributed by atoms with van der Waals surface area (Å²) in [5.74, 6) is 0.169. The van der Waals surface area contributed by atoms with Gasteiger partial charge in [0.1, 0.15) is 0 Å². The van der Waals surface area contributed by atoms with Crippen molar-refractivity contribution in [2.75, 3.05) is 19.7 Å². The minimum atomic E-state index is -0.430. The number of nitrogens with zero attached hydrogens (tertiary/aromatic N) is 3. The van der Waals surface area contributed by atoms with Crippen molar-refractivity contribution < 1.29 is 9.53 Å². The molecule has 1 amide bonds. The zero-order valence-electron chi connectivity index (χ0n) is 12.5. The molecule has 1 aliphatic rings. The van der Waals surface area contributed by atoms with E-state index >= 15 is 0 Å².